The number of hydrogen-bond donors (Lipinski definition) is 2. The van der Waals surface area contributed by atoms with Gasteiger partial charge in [-0.05, 0) is 29.2 Å². The van der Waals surface area contributed by atoms with Gasteiger partial charge in [-0.1, -0.05) is 80.0 Å². The molecule has 3 N–H and O–H groups in total. The Bertz CT molecular complexity index is 1030. The van der Waals surface area contributed by atoms with Crippen molar-refractivity contribution in [3.05, 3.63) is 58.1 Å². The lowest BCUT2D eigenvalue weighted by Crippen LogP contribution is -2.16. The number of hydrogen-bond acceptors (Lipinski definition) is 5. The molecule has 0 atom stereocenters. The molecule has 6 nitrogen and oxygen atoms in total. The van der Waals surface area contributed by atoms with Crippen LogP contribution in [-0.2, 0) is 10.2 Å². The van der Waals surface area contributed by atoms with Crippen LogP contribution in [0, 0.1) is 0 Å². The van der Waals surface area contributed by atoms with E-state index in [9.17, 15) is 4.79 Å². The van der Waals surface area contributed by atoms with Gasteiger partial charge in [0.15, 0.2) is 5.82 Å². The number of aromatic nitrogens is 3. The normalized spacial score (nSPS) is 11.5. The van der Waals surface area contributed by atoms with Crippen LogP contribution in [0.15, 0.2) is 47.6 Å². The molecule has 0 radical (unpaired) electrons. The Balaban J connectivity index is 1.67. The summed E-state index contributed by atoms with van der Waals surface area (Å²) in [6.45, 7) is 6.47. The summed E-state index contributed by atoms with van der Waals surface area (Å²) in [4.78, 5) is 12.2. The van der Waals surface area contributed by atoms with Gasteiger partial charge < -0.3 is 11.2 Å². The summed E-state index contributed by atoms with van der Waals surface area (Å²) in [5.41, 5.74) is 2.60. The minimum Gasteiger partial charge on any atom is -0.335 e. The average Bonchev–Trinajstić information content (AvgIpc) is 3.03. The summed E-state index contributed by atoms with van der Waals surface area (Å²) in [6, 6.07) is 12.9. The lowest BCUT2D eigenvalue weighted by molar-refractivity contribution is -0.113. The van der Waals surface area contributed by atoms with Crippen molar-refractivity contribution in [2.24, 2.45) is 0 Å². The quantitative estimate of drug-likeness (QED) is 0.422. The molecule has 0 spiro atoms. The molecule has 1 heterocycles. The van der Waals surface area contributed by atoms with Crippen LogP contribution in [0.1, 0.15) is 26.3 Å². The third-order valence-electron chi connectivity index (χ3n) is 4.21. The van der Waals surface area contributed by atoms with Gasteiger partial charge in [0.1, 0.15) is 0 Å². The van der Waals surface area contributed by atoms with Crippen LogP contribution in [0.25, 0.3) is 11.4 Å². The molecular weight excluding hydrogens is 429 g/mol. The zero-order valence-electron chi connectivity index (χ0n) is 16.2. The molecule has 0 aliphatic carbocycles. The first-order valence-electron chi connectivity index (χ1n) is 8.84. The van der Waals surface area contributed by atoms with Crippen LogP contribution >= 0.6 is 35.0 Å². The van der Waals surface area contributed by atoms with Crippen molar-refractivity contribution < 1.29 is 4.79 Å². The topological polar surface area (TPSA) is 85.8 Å². The van der Waals surface area contributed by atoms with Crippen LogP contribution < -0.4 is 11.2 Å². The van der Waals surface area contributed by atoms with Gasteiger partial charge in [0.2, 0.25) is 11.1 Å². The Morgan fingerprint density at radius 3 is 2.48 bits per heavy atom. The first-order chi connectivity index (χ1) is 13.6. The summed E-state index contributed by atoms with van der Waals surface area (Å²) in [7, 11) is 0. The van der Waals surface area contributed by atoms with Crippen LogP contribution in [-0.4, -0.2) is 26.5 Å². The molecule has 3 rings (SSSR count). The molecule has 29 heavy (non-hydrogen) atoms. The highest BCUT2D eigenvalue weighted by atomic mass is 35.5. The molecule has 0 saturated carbocycles. The number of nitrogens with two attached hydrogens (primary N) is 1. The Labute approximate surface area is 183 Å². The van der Waals surface area contributed by atoms with E-state index in [1.54, 1.807) is 18.2 Å². The minimum atomic E-state index is -0.252. The monoisotopic (exact) mass is 449 g/mol. The first kappa shape index (κ1) is 21.5. The SMILES string of the molecule is CC(C)(C)c1ccc(-c2nnc(SCC(=O)Nc3cc(Cl)ccc3Cl)n2N)cc1. The van der Waals surface area contributed by atoms with E-state index in [1.165, 1.54) is 22.0 Å². The molecule has 0 unspecified atom stereocenters. The van der Waals surface area contributed by atoms with Gasteiger partial charge >= 0.3 is 0 Å². The Morgan fingerprint density at radius 1 is 1.14 bits per heavy atom. The van der Waals surface area contributed by atoms with Crippen molar-refractivity contribution in [1.82, 2.24) is 14.9 Å². The number of amides is 1. The van der Waals surface area contributed by atoms with E-state index in [0.29, 0.717) is 26.7 Å². The molecule has 0 saturated heterocycles. The highest BCUT2D eigenvalue weighted by molar-refractivity contribution is 7.99. The number of nitrogens with one attached hydrogen (secondary N) is 1. The summed E-state index contributed by atoms with van der Waals surface area (Å²) in [5, 5.41) is 12.3. The van der Waals surface area contributed by atoms with Gasteiger partial charge in [0.25, 0.3) is 0 Å². The first-order valence-corrected chi connectivity index (χ1v) is 10.6. The molecule has 9 heteroatoms. The van der Waals surface area contributed by atoms with Crippen molar-refractivity contribution in [1.29, 1.82) is 0 Å². The molecule has 152 valence electrons. The maximum Gasteiger partial charge on any atom is 0.234 e. The number of rotatable bonds is 5. The number of nitrogens with zero attached hydrogens (tertiary/aromatic N) is 3. The number of anilines is 1. The molecule has 0 aliphatic rings. The van der Waals surface area contributed by atoms with Crippen molar-refractivity contribution >= 4 is 46.6 Å². The molecular formula is C20H21Cl2N5OS. The number of halogens is 2. The zero-order valence-corrected chi connectivity index (χ0v) is 18.6. The second kappa shape index (κ2) is 8.65. The van der Waals surface area contributed by atoms with Crippen molar-refractivity contribution in [2.45, 2.75) is 31.3 Å². The van der Waals surface area contributed by atoms with Crippen LogP contribution in [0.3, 0.4) is 0 Å². The highest BCUT2D eigenvalue weighted by Gasteiger charge is 2.17. The van der Waals surface area contributed by atoms with Crippen molar-refractivity contribution in [3.8, 4) is 11.4 Å². The number of nitrogen functional groups attached to an aromatic ring is 1. The van der Waals surface area contributed by atoms with E-state index in [4.69, 9.17) is 29.0 Å². The predicted octanol–water partition coefficient (Wildman–Crippen LogP) is 4.99. The largest absolute Gasteiger partial charge is 0.335 e. The zero-order chi connectivity index (χ0) is 21.2. The number of benzene rings is 2. The van der Waals surface area contributed by atoms with Gasteiger partial charge in [-0.2, -0.15) is 0 Å². The van der Waals surface area contributed by atoms with E-state index in [1.807, 2.05) is 12.1 Å². The Hall–Kier alpha value is -2.22. The Kier molecular flexibility index (Phi) is 6.41. The Morgan fingerprint density at radius 2 is 1.83 bits per heavy atom. The second-order valence-corrected chi connectivity index (χ2v) is 9.25. The average molecular weight is 450 g/mol. The van der Waals surface area contributed by atoms with Crippen LogP contribution in [0.2, 0.25) is 10.0 Å². The third-order valence-corrected chi connectivity index (χ3v) is 5.72. The molecule has 0 bridgehead atoms. The fourth-order valence-electron chi connectivity index (χ4n) is 2.60. The molecule has 3 aromatic rings. The van der Waals surface area contributed by atoms with Gasteiger partial charge in [-0.25, -0.2) is 4.68 Å². The third kappa shape index (κ3) is 5.23. The lowest BCUT2D eigenvalue weighted by Gasteiger charge is -2.19. The van der Waals surface area contributed by atoms with Gasteiger partial charge in [-0.15, -0.1) is 10.2 Å². The lowest BCUT2D eigenvalue weighted by atomic mass is 9.87. The van der Waals surface area contributed by atoms with E-state index in [-0.39, 0.29) is 17.1 Å². The number of carbonyl (C=O) groups excluding carboxylic acids is 1. The summed E-state index contributed by atoms with van der Waals surface area (Å²) in [6.07, 6.45) is 0. The van der Waals surface area contributed by atoms with Gasteiger partial charge in [0, 0.05) is 10.6 Å². The van der Waals surface area contributed by atoms with Crippen molar-refractivity contribution in [2.75, 3.05) is 16.9 Å². The van der Waals surface area contributed by atoms with E-state index in [0.717, 1.165) is 5.56 Å². The molecule has 0 aliphatic heterocycles. The maximum atomic E-state index is 12.2. The second-order valence-electron chi connectivity index (χ2n) is 7.46. The molecule has 1 aromatic heterocycles. The maximum absolute atomic E-state index is 12.2. The highest BCUT2D eigenvalue weighted by Crippen LogP contribution is 2.28. The van der Waals surface area contributed by atoms with E-state index >= 15 is 0 Å². The van der Waals surface area contributed by atoms with Crippen LogP contribution in [0.5, 0.6) is 0 Å². The van der Waals surface area contributed by atoms with E-state index in [2.05, 4.69) is 48.4 Å². The van der Waals surface area contributed by atoms with Crippen LogP contribution in [0.4, 0.5) is 5.69 Å². The van der Waals surface area contributed by atoms with Gasteiger partial charge in [-0.3, -0.25) is 4.79 Å². The number of thioether (sulfide) groups is 1. The van der Waals surface area contributed by atoms with E-state index < -0.39 is 0 Å². The van der Waals surface area contributed by atoms with Crippen molar-refractivity contribution in [3.63, 3.8) is 0 Å². The summed E-state index contributed by atoms with van der Waals surface area (Å²) in [5.74, 6) is 6.52. The summed E-state index contributed by atoms with van der Waals surface area (Å²) < 4.78 is 1.39. The van der Waals surface area contributed by atoms with Gasteiger partial charge in [0.05, 0.1) is 16.5 Å². The fourth-order valence-corrected chi connectivity index (χ4v) is 3.59. The molecule has 0 fully saturated rings. The fraction of sp³-hybridized carbons (Fsp3) is 0.250. The molecule has 1 amide bonds. The minimum absolute atomic E-state index is 0.0647. The summed E-state index contributed by atoms with van der Waals surface area (Å²) >= 11 is 13.2. The number of carbonyl (C=O) groups is 1. The standard InChI is InChI=1S/C20H21Cl2N5OS/c1-20(2,3)13-6-4-12(5-7-13)18-25-26-19(27(18)23)29-11-17(28)24-16-10-14(21)8-9-15(16)22/h4-10H,11,23H2,1-3H3,(H,24,28). The molecule has 2 aromatic carbocycles. The smallest absolute Gasteiger partial charge is 0.234 e. The predicted molar refractivity (Wildman–Crippen MR) is 120 cm³/mol.